The molecule has 0 bridgehead atoms. The van der Waals surface area contributed by atoms with Crippen molar-refractivity contribution in [1.29, 1.82) is 0 Å². The molecule has 5 nitrogen and oxygen atoms in total. The predicted molar refractivity (Wildman–Crippen MR) is 147 cm³/mol. The van der Waals surface area contributed by atoms with Gasteiger partial charge in [0.2, 0.25) is 0 Å². The predicted octanol–water partition coefficient (Wildman–Crippen LogP) is 6.54. The number of unbranched alkanes of at least 4 members (excludes halogenated alkanes) is 3. The lowest BCUT2D eigenvalue weighted by Gasteiger charge is -2.36. The number of rotatable bonds is 18. The third-order valence-corrected chi connectivity index (χ3v) is 6.18. The Hall–Kier alpha value is -2.99. The summed E-state index contributed by atoms with van der Waals surface area (Å²) in [7, 11) is 0. The number of ether oxygens (including phenoxy) is 4. The van der Waals surface area contributed by atoms with Crippen molar-refractivity contribution < 1.29 is 23.7 Å². The standard InChI is InChI=1S/C32H40O5/c1-2-3-4-14-21-31(33)36-26-24-34-22-23-35-25-27-37-32(28-15-8-5-9-16-28,29-17-10-6-11-18-29)30-19-12-7-13-20-30/h5-13,15-20H,2-4,14,21-27H2,1H3. The minimum Gasteiger partial charge on any atom is -0.463 e. The first-order chi connectivity index (χ1) is 18.3. The van der Waals surface area contributed by atoms with Crippen LogP contribution < -0.4 is 0 Å². The lowest BCUT2D eigenvalue weighted by molar-refractivity contribution is -0.145. The van der Waals surface area contributed by atoms with E-state index in [-0.39, 0.29) is 12.6 Å². The summed E-state index contributed by atoms with van der Waals surface area (Å²) in [6, 6.07) is 30.9. The normalized spacial score (nSPS) is 11.4. The Morgan fingerprint density at radius 2 is 1.05 bits per heavy atom. The van der Waals surface area contributed by atoms with Crippen LogP contribution in [0.5, 0.6) is 0 Å². The van der Waals surface area contributed by atoms with E-state index in [1.165, 1.54) is 0 Å². The van der Waals surface area contributed by atoms with E-state index in [4.69, 9.17) is 18.9 Å². The molecule has 0 saturated carbocycles. The second-order valence-corrected chi connectivity index (χ2v) is 8.88. The first-order valence-corrected chi connectivity index (χ1v) is 13.4. The fourth-order valence-electron chi connectivity index (χ4n) is 4.33. The lowest BCUT2D eigenvalue weighted by Crippen LogP contribution is -2.34. The van der Waals surface area contributed by atoms with Crippen LogP contribution in [0.4, 0.5) is 0 Å². The molecule has 0 atom stereocenters. The highest BCUT2D eigenvalue weighted by Gasteiger charge is 2.37. The molecule has 0 aliphatic carbocycles. The first kappa shape index (κ1) is 28.6. The quantitative estimate of drug-likeness (QED) is 0.112. The van der Waals surface area contributed by atoms with Gasteiger partial charge in [0, 0.05) is 6.42 Å². The molecule has 0 heterocycles. The van der Waals surface area contributed by atoms with Gasteiger partial charge in [-0.05, 0) is 23.1 Å². The number of carbonyl (C=O) groups is 1. The summed E-state index contributed by atoms with van der Waals surface area (Å²) in [5.74, 6) is -0.146. The lowest BCUT2D eigenvalue weighted by atomic mass is 9.80. The van der Waals surface area contributed by atoms with Crippen LogP contribution in [0.3, 0.4) is 0 Å². The third-order valence-electron chi connectivity index (χ3n) is 6.18. The SMILES string of the molecule is CCCCCCC(=O)OCCOCCOCCOC(c1ccccc1)(c1ccccc1)c1ccccc1. The van der Waals surface area contributed by atoms with Crippen LogP contribution in [0.15, 0.2) is 91.0 Å². The molecule has 0 radical (unpaired) electrons. The van der Waals surface area contributed by atoms with Crippen LogP contribution in [-0.2, 0) is 29.3 Å². The van der Waals surface area contributed by atoms with Crippen molar-refractivity contribution in [2.45, 2.75) is 44.6 Å². The summed E-state index contributed by atoms with van der Waals surface area (Å²) in [5.41, 5.74) is 2.45. The molecule has 0 saturated heterocycles. The zero-order valence-electron chi connectivity index (χ0n) is 22.0. The van der Waals surface area contributed by atoms with Crippen LogP contribution in [-0.4, -0.2) is 45.6 Å². The molecule has 198 valence electrons. The number of esters is 1. The molecule has 0 aliphatic heterocycles. The number of hydrogen-bond acceptors (Lipinski definition) is 5. The van der Waals surface area contributed by atoms with Crippen LogP contribution in [0.25, 0.3) is 0 Å². The van der Waals surface area contributed by atoms with Crippen LogP contribution in [0.1, 0.15) is 55.7 Å². The molecular formula is C32H40O5. The summed E-state index contributed by atoms with van der Waals surface area (Å²) >= 11 is 0. The van der Waals surface area contributed by atoms with Gasteiger partial charge < -0.3 is 18.9 Å². The zero-order chi connectivity index (χ0) is 26.0. The fourth-order valence-corrected chi connectivity index (χ4v) is 4.33. The van der Waals surface area contributed by atoms with E-state index < -0.39 is 5.60 Å². The monoisotopic (exact) mass is 504 g/mol. The van der Waals surface area contributed by atoms with Gasteiger partial charge in [0.05, 0.1) is 33.0 Å². The van der Waals surface area contributed by atoms with Gasteiger partial charge in [0.1, 0.15) is 12.2 Å². The van der Waals surface area contributed by atoms with E-state index in [1.54, 1.807) is 0 Å². The van der Waals surface area contributed by atoms with Gasteiger partial charge in [-0.2, -0.15) is 0 Å². The summed E-state index contributed by atoms with van der Waals surface area (Å²) < 4.78 is 23.2. The minimum absolute atomic E-state index is 0.146. The molecule has 0 unspecified atom stereocenters. The molecule has 0 spiro atoms. The van der Waals surface area contributed by atoms with Gasteiger partial charge in [0.15, 0.2) is 0 Å². The molecule has 5 heteroatoms. The van der Waals surface area contributed by atoms with Gasteiger partial charge in [-0.3, -0.25) is 4.79 Å². The molecule has 3 rings (SSSR count). The maximum atomic E-state index is 11.7. The maximum Gasteiger partial charge on any atom is 0.305 e. The topological polar surface area (TPSA) is 54.0 Å². The Morgan fingerprint density at radius 1 is 0.595 bits per heavy atom. The Labute approximate surface area is 221 Å². The molecule has 0 fully saturated rings. The molecule has 0 amide bonds. The molecule has 0 aliphatic rings. The van der Waals surface area contributed by atoms with Crippen molar-refractivity contribution in [3.05, 3.63) is 108 Å². The molecule has 3 aromatic carbocycles. The van der Waals surface area contributed by atoms with E-state index >= 15 is 0 Å². The zero-order valence-corrected chi connectivity index (χ0v) is 22.0. The Bertz CT molecular complexity index is 895. The van der Waals surface area contributed by atoms with Gasteiger partial charge in [-0.15, -0.1) is 0 Å². The van der Waals surface area contributed by atoms with Gasteiger partial charge >= 0.3 is 5.97 Å². The molecule has 0 aromatic heterocycles. The van der Waals surface area contributed by atoms with Crippen molar-refractivity contribution in [2.75, 3.05) is 39.6 Å². The van der Waals surface area contributed by atoms with E-state index in [1.807, 2.05) is 54.6 Å². The first-order valence-electron chi connectivity index (χ1n) is 13.4. The highest BCUT2D eigenvalue weighted by molar-refractivity contribution is 5.69. The largest absolute Gasteiger partial charge is 0.463 e. The molecular weight excluding hydrogens is 464 g/mol. The van der Waals surface area contributed by atoms with Crippen molar-refractivity contribution in [2.24, 2.45) is 0 Å². The van der Waals surface area contributed by atoms with Crippen molar-refractivity contribution >= 4 is 5.97 Å². The minimum atomic E-state index is -0.746. The molecule has 37 heavy (non-hydrogen) atoms. The van der Waals surface area contributed by atoms with Crippen LogP contribution in [0, 0.1) is 0 Å². The fraction of sp³-hybridized carbons (Fsp3) is 0.406. The van der Waals surface area contributed by atoms with E-state index in [2.05, 4.69) is 43.3 Å². The van der Waals surface area contributed by atoms with E-state index in [9.17, 15) is 4.79 Å². The van der Waals surface area contributed by atoms with E-state index in [0.29, 0.717) is 39.5 Å². The average molecular weight is 505 g/mol. The smallest absolute Gasteiger partial charge is 0.305 e. The van der Waals surface area contributed by atoms with Crippen LogP contribution in [0.2, 0.25) is 0 Å². The second-order valence-electron chi connectivity index (χ2n) is 8.88. The Balaban J connectivity index is 1.46. The van der Waals surface area contributed by atoms with Crippen molar-refractivity contribution in [3.8, 4) is 0 Å². The summed E-state index contributed by atoms with van der Waals surface area (Å²) in [4.78, 5) is 11.7. The molecule has 0 N–H and O–H groups in total. The molecule has 3 aromatic rings. The third kappa shape index (κ3) is 9.12. The number of benzene rings is 3. The highest BCUT2D eigenvalue weighted by Crippen LogP contribution is 2.40. The average Bonchev–Trinajstić information content (AvgIpc) is 2.96. The van der Waals surface area contributed by atoms with Gasteiger partial charge in [0.25, 0.3) is 0 Å². The summed E-state index contributed by atoms with van der Waals surface area (Å²) in [5, 5.41) is 0. The number of carbonyl (C=O) groups excluding carboxylic acids is 1. The van der Waals surface area contributed by atoms with E-state index in [0.717, 1.165) is 42.4 Å². The number of hydrogen-bond donors (Lipinski definition) is 0. The summed E-state index contributed by atoms with van der Waals surface area (Å²) in [6.07, 6.45) is 4.77. The van der Waals surface area contributed by atoms with Crippen molar-refractivity contribution in [3.63, 3.8) is 0 Å². The van der Waals surface area contributed by atoms with Gasteiger partial charge in [-0.1, -0.05) is 117 Å². The Kier molecular flexibility index (Phi) is 12.9. The van der Waals surface area contributed by atoms with Crippen molar-refractivity contribution in [1.82, 2.24) is 0 Å². The summed E-state index contributed by atoms with van der Waals surface area (Å²) in [6.45, 7) is 4.54. The maximum absolute atomic E-state index is 11.7. The highest BCUT2D eigenvalue weighted by atomic mass is 16.6. The van der Waals surface area contributed by atoms with Gasteiger partial charge in [-0.25, -0.2) is 0 Å². The second kappa shape index (κ2) is 16.7. The van der Waals surface area contributed by atoms with Crippen LogP contribution >= 0.6 is 0 Å². The Morgan fingerprint density at radius 3 is 1.54 bits per heavy atom.